The van der Waals surface area contributed by atoms with Crippen molar-refractivity contribution in [2.45, 2.75) is 63.1 Å². The highest BCUT2D eigenvalue weighted by Crippen LogP contribution is 2.36. The first-order valence-electron chi connectivity index (χ1n) is 7.38. The van der Waals surface area contributed by atoms with Crippen molar-refractivity contribution in [3.63, 3.8) is 0 Å². The van der Waals surface area contributed by atoms with E-state index in [9.17, 15) is 5.11 Å². The van der Waals surface area contributed by atoms with Gasteiger partial charge >= 0.3 is 0 Å². The van der Waals surface area contributed by atoms with Crippen LogP contribution in [0.1, 0.15) is 44.9 Å². The highest BCUT2D eigenvalue weighted by molar-refractivity contribution is 4.93. The van der Waals surface area contributed by atoms with Crippen LogP contribution in [0.5, 0.6) is 0 Å². The highest BCUT2D eigenvalue weighted by atomic mass is 16.5. The van der Waals surface area contributed by atoms with Gasteiger partial charge in [-0.3, -0.25) is 4.90 Å². The van der Waals surface area contributed by atoms with E-state index in [0.29, 0.717) is 18.0 Å². The van der Waals surface area contributed by atoms with Gasteiger partial charge in [-0.25, -0.2) is 0 Å². The number of aliphatic hydroxyl groups is 1. The van der Waals surface area contributed by atoms with Crippen LogP contribution >= 0.6 is 0 Å². The van der Waals surface area contributed by atoms with Gasteiger partial charge in [0.15, 0.2) is 0 Å². The summed E-state index contributed by atoms with van der Waals surface area (Å²) in [4.78, 5) is 2.66. The average molecular weight is 239 g/mol. The van der Waals surface area contributed by atoms with Gasteiger partial charge in [0, 0.05) is 24.6 Å². The van der Waals surface area contributed by atoms with Crippen LogP contribution in [0.15, 0.2) is 0 Å². The van der Waals surface area contributed by atoms with Crippen LogP contribution in [0, 0.1) is 5.92 Å². The fourth-order valence-electron chi connectivity index (χ4n) is 4.10. The molecular weight excluding hydrogens is 214 g/mol. The van der Waals surface area contributed by atoms with E-state index in [4.69, 9.17) is 4.74 Å². The van der Waals surface area contributed by atoms with Gasteiger partial charge in [-0.15, -0.1) is 0 Å². The van der Waals surface area contributed by atoms with Crippen LogP contribution in [0.3, 0.4) is 0 Å². The summed E-state index contributed by atoms with van der Waals surface area (Å²) < 4.78 is 5.53. The Morgan fingerprint density at radius 3 is 2.65 bits per heavy atom. The van der Waals surface area contributed by atoms with Crippen molar-refractivity contribution in [3.8, 4) is 0 Å². The van der Waals surface area contributed by atoms with Crippen molar-refractivity contribution >= 4 is 0 Å². The van der Waals surface area contributed by atoms with Gasteiger partial charge in [0.05, 0.1) is 12.7 Å². The SMILES string of the molecule is OC1CCCCC1C1CCCN1C1CCOC1. The number of hydrogen-bond donors (Lipinski definition) is 1. The van der Waals surface area contributed by atoms with Crippen LogP contribution in [0.4, 0.5) is 0 Å². The van der Waals surface area contributed by atoms with Crippen LogP contribution in [-0.2, 0) is 4.74 Å². The number of likely N-dealkylation sites (tertiary alicyclic amines) is 1. The van der Waals surface area contributed by atoms with Crippen molar-refractivity contribution in [1.82, 2.24) is 4.90 Å². The molecule has 17 heavy (non-hydrogen) atoms. The van der Waals surface area contributed by atoms with E-state index < -0.39 is 0 Å². The molecule has 0 aromatic carbocycles. The molecule has 1 aliphatic carbocycles. The van der Waals surface area contributed by atoms with Crippen LogP contribution < -0.4 is 0 Å². The van der Waals surface area contributed by atoms with Crippen LogP contribution in [0.2, 0.25) is 0 Å². The second kappa shape index (κ2) is 5.25. The Bertz CT molecular complexity index is 253. The van der Waals surface area contributed by atoms with E-state index in [1.54, 1.807) is 0 Å². The Labute approximate surface area is 104 Å². The predicted octanol–water partition coefficient (Wildman–Crippen LogP) is 1.79. The molecule has 1 N–H and O–H groups in total. The second-order valence-electron chi connectivity index (χ2n) is 5.98. The van der Waals surface area contributed by atoms with E-state index in [-0.39, 0.29) is 6.10 Å². The number of rotatable bonds is 2. The lowest BCUT2D eigenvalue weighted by Crippen LogP contribution is -2.47. The summed E-state index contributed by atoms with van der Waals surface area (Å²) >= 11 is 0. The molecule has 0 amide bonds. The number of hydrogen-bond acceptors (Lipinski definition) is 3. The largest absolute Gasteiger partial charge is 0.393 e. The maximum Gasteiger partial charge on any atom is 0.0622 e. The number of aliphatic hydroxyl groups excluding tert-OH is 1. The maximum absolute atomic E-state index is 10.2. The molecule has 1 saturated carbocycles. The van der Waals surface area contributed by atoms with Crippen molar-refractivity contribution in [3.05, 3.63) is 0 Å². The highest BCUT2D eigenvalue weighted by Gasteiger charge is 2.40. The van der Waals surface area contributed by atoms with Gasteiger partial charge in [-0.1, -0.05) is 12.8 Å². The summed E-state index contributed by atoms with van der Waals surface area (Å²) in [6.45, 7) is 3.07. The van der Waals surface area contributed by atoms with Gasteiger partial charge in [0.25, 0.3) is 0 Å². The summed E-state index contributed by atoms with van der Waals surface area (Å²) in [7, 11) is 0. The lowest BCUT2D eigenvalue weighted by molar-refractivity contribution is 0.00879. The zero-order chi connectivity index (χ0) is 11.7. The summed E-state index contributed by atoms with van der Waals surface area (Å²) in [6, 6.07) is 1.27. The molecule has 4 atom stereocenters. The molecule has 0 bridgehead atoms. The molecule has 4 unspecified atom stereocenters. The molecule has 2 saturated heterocycles. The lowest BCUT2D eigenvalue weighted by Gasteiger charge is -2.39. The molecule has 2 aliphatic heterocycles. The molecule has 0 spiro atoms. The Morgan fingerprint density at radius 2 is 1.88 bits per heavy atom. The molecule has 0 aromatic rings. The Balaban J connectivity index is 1.67. The summed E-state index contributed by atoms with van der Waals surface area (Å²) in [5.41, 5.74) is 0. The first-order valence-corrected chi connectivity index (χ1v) is 7.38. The Kier molecular flexibility index (Phi) is 3.69. The first kappa shape index (κ1) is 11.9. The van der Waals surface area contributed by atoms with Crippen LogP contribution in [-0.4, -0.2) is 48.0 Å². The van der Waals surface area contributed by atoms with Gasteiger partial charge in [0.1, 0.15) is 0 Å². The van der Waals surface area contributed by atoms with E-state index >= 15 is 0 Å². The third-order valence-corrected chi connectivity index (χ3v) is 4.99. The molecular formula is C14H25NO2. The monoisotopic (exact) mass is 239 g/mol. The smallest absolute Gasteiger partial charge is 0.0622 e. The number of ether oxygens (including phenoxy) is 1. The molecule has 0 aromatic heterocycles. The molecule has 98 valence electrons. The fourth-order valence-corrected chi connectivity index (χ4v) is 4.10. The Hall–Kier alpha value is -0.120. The second-order valence-corrected chi connectivity index (χ2v) is 5.98. The molecule has 2 heterocycles. The molecule has 3 fully saturated rings. The van der Waals surface area contributed by atoms with Crippen LogP contribution in [0.25, 0.3) is 0 Å². The van der Waals surface area contributed by atoms with Crippen molar-refractivity contribution in [2.75, 3.05) is 19.8 Å². The quantitative estimate of drug-likeness (QED) is 0.797. The van der Waals surface area contributed by atoms with E-state index in [0.717, 1.165) is 19.6 Å². The first-order chi connectivity index (χ1) is 8.36. The summed E-state index contributed by atoms with van der Waals surface area (Å²) in [6.07, 6.45) is 8.54. The zero-order valence-corrected chi connectivity index (χ0v) is 10.7. The molecule has 3 nitrogen and oxygen atoms in total. The zero-order valence-electron chi connectivity index (χ0n) is 10.7. The van der Waals surface area contributed by atoms with Crippen molar-refractivity contribution in [1.29, 1.82) is 0 Å². The van der Waals surface area contributed by atoms with E-state index in [1.165, 1.54) is 45.1 Å². The van der Waals surface area contributed by atoms with Gasteiger partial charge < -0.3 is 9.84 Å². The van der Waals surface area contributed by atoms with Gasteiger partial charge in [-0.05, 0) is 38.6 Å². The Morgan fingerprint density at radius 1 is 1.00 bits per heavy atom. The normalized spacial score (nSPS) is 44.3. The standard InChI is InChI=1S/C14H25NO2/c16-14-6-2-1-4-12(14)13-5-3-8-15(13)11-7-9-17-10-11/h11-14,16H,1-10H2. The summed E-state index contributed by atoms with van der Waals surface area (Å²) in [5, 5.41) is 10.2. The van der Waals surface area contributed by atoms with E-state index in [2.05, 4.69) is 4.90 Å². The maximum atomic E-state index is 10.2. The average Bonchev–Trinajstić information content (AvgIpc) is 3.00. The third-order valence-electron chi connectivity index (χ3n) is 4.99. The van der Waals surface area contributed by atoms with Crippen molar-refractivity contribution in [2.24, 2.45) is 5.92 Å². The molecule has 3 aliphatic rings. The van der Waals surface area contributed by atoms with Gasteiger partial charge in [0.2, 0.25) is 0 Å². The molecule has 3 heteroatoms. The topological polar surface area (TPSA) is 32.7 Å². The minimum absolute atomic E-state index is 0.0447. The van der Waals surface area contributed by atoms with Gasteiger partial charge in [-0.2, -0.15) is 0 Å². The molecule has 0 radical (unpaired) electrons. The number of nitrogens with zero attached hydrogens (tertiary/aromatic N) is 1. The minimum atomic E-state index is -0.0447. The van der Waals surface area contributed by atoms with Crippen molar-refractivity contribution < 1.29 is 9.84 Å². The summed E-state index contributed by atoms with van der Waals surface area (Å²) in [5.74, 6) is 0.534. The van der Waals surface area contributed by atoms with E-state index in [1.807, 2.05) is 0 Å². The fraction of sp³-hybridized carbons (Fsp3) is 1.00. The predicted molar refractivity (Wildman–Crippen MR) is 66.9 cm³/mol. The third kappa shape index (κ3) is 2.38. The molecule has 3 rings (SSSR count). The minimum Gasteiger partial charge on any atom is -0.393 e. The lowest BCUT2D eigenvalue weighted by atomic mass is 9.80.